The highest BCUT2D eigenvalue weighted by molar-refractivity contribution is 8.00. The SMILES string of the molecule is CCCC(CC)c1c(-c2nc(Nc3cccc([N+](=O)[O-])c3)ncc2C)sc(SC)c1C#N. The summed E-state index contributed by atoms with van der Waals surface area (Å²) in [6.07, 6.45) is 6.73. The van der Waals surface area contributed by atoms with Crippen molar-refractivity contribution in [3.63, 3.8) is 0 Å². The fourth-order valence-corrected chi connectivity index (χ4v) is 5.76. The summed E-state index contributed by atoms with van der Waals surface area (Å²) in [6, 6.07) is 8.68. The molecule has 0 saturated heterocycles. The van der Waals surface area contributed by atoms with Gasteiger partial charge >= 0.3 is 0 Å². The Kier molecular flexibility index (Phi) is 7.83. The molecular formula is C23H25N5O2S2. The first kappa shape index (κ1) is 23.7. The minimum Gasteiger partial charge on any atom is -0.324 e. The zero-order valence-electron chi connectivity index (χ0n) is 18.5. The molecule has 0 bridgehead atoms. The quantitative estimate of drug-likeness (QED) is 0.204. The third-order valence-corrected chi connectivity index (χ3v) is 7.58. The number of non-ortho nitro benzene ring substituents is 1. The summed E-state index contributed by atoms with van der Waals surface area (Å²) < 4.78 is 0.998. The number of nitriles is 1. The van der Waals surface area contributed by atoms with E-state index in [1.54, 1.807) is 41.4 Å². The lowest BCUT2D eigenvalue weighted by molar-refractivity contribution is -0.384. The largest absolute Gasteiger partial charge is 0.324 e. The van der Waals surface area contributed by atoms with Crippen molar-refractivity contribution in [2.75, 3.05) is 11.6 Å². The topological polar surface area (TPSA) is 105 Å². The number of nitrogens with zero attached hydrogens (tertiary/aromatic N) is 4. The molecule has 3 rings (SSSR count). The Balaban J connectivity index is 2.10. The number of thioether (sulfide) groups is 1. The number of nitro benzene ring substituents is 1. The summed E-state index contributed by atoms with van der Waals surface area (Å²) in [5.41, 5.74) is 4.08. The lowest BCUT2D eigenvalue weighted by Gasteiger charge is -2.17. The summed E-state index contributed by atoms with van der Waals surface area (Å²) in [5.74, 6) is 0.641. The third kappa shape index (κ3) is 4.92. The number of nitro groups is 1. The van der Waals surface area contributed by atoms with Gasteiger partial charge in [0.25, 0.3) is 5.69 Å². The second-order valence-corrected chi connectivity index (χ2v) is 9.47. The molecule has 0 spiro atoms. The number of hydrogen-bond acceptors (Lipinski definition) is 8. The van der Waals surface area contributed by atoms with E-state index in [1.807, 2.05) is 13.2 Å². The molecule has 3 aromatic rings. The van der Waals surface area contributed by atoms with E-state index in [0.717, 1.165) is 50.7 Å². The fourth-order valence-electron chi connectivity index (χ4n) is 3.70. The summed E-state index contributed by atoms with van der Waals surface area (Å²) in [7, 11) is 0. The van der Waals surface area contributed by atoms with Crippen molar-refractivity contribution >= 4 is 40.4 Å². The number of rotatable bonds is 9. The molecule has 1 unspecified atom stereocenters. The highest BCUT2D eigenvalue weighted by Crippen LogP contribution is 2.46. The molecule has 0 saturated carbocycles. The van der Waals surface area contributed by atoms with Gasteiger partial charge in [-0.05, 0) is 49.1 Å². The second kappa shape index (κ2) is 10.6. The molecule has 0 radical (unpaired) electrons. The highest BCUT2D eigenvalue weighted by atomic mass is 32.2. The Morgan fingerprint density at radius 2 is 2.16 bits per heavy atom. The number of nitrogens with one attached hydrogen (secondary N) is 1. The van der Waals surface area contributed by atoms with Crippen LogP contribution in [0.2, 0.25) is 0 Å². The molecule has 166 valence electrons. The highest BCUT2D eigenvalue weighted by Gasteiger charge is 2.26. The van der Waals surface area contributed by atoms with Crippen LogP contribution < -0.4 is 5.32 Å². The number of aryl methyl sites for hydroxylation is 1. The van der Waals surface area contributed by atoms with Gasteiger partial charge in [-0.25, -0.2) is 9.97 Å². The molecule has 0 fully saturated rings. The molecule has 9 heteroatoms. The van der Waals surface area contributed by atoms with E-state index in [-0.39, 0.29) is 11.6 Å². The fraction of sp³-hybridized carbons (Fsp3) is 0.348. The monoisotopic (exact) mass is 467 g/mol. The maximum absolute atomic E-state index is 11.1. The molecule has 1 atom stereocenters. The zero-order chi connectivity index (χ0) is 23.3. The number of hydrogen-bond donors (Lipinski definition) is 1. The average molecular weight is 468 g/mol. The van der Waals surface area contributed by atoms with Gasteiger partial charge in [-0.3, -0.25) is 10.1 Å². The predicted molar refractivity (Wildman–Crippen MR) is 131 cm³/mol. The normalized spacial score (nSPS) is 11.7. The molecule has 1 N–H and O–H groups in total. The van der Waals surface area contributed by atoms with Gasteiger partial charge in [0.2, 0.25) is 5.95 Å². The van der Waals surface area contributed by atoms with Crippen molar-refractivity contribution in [1.82, 2.24) is 9.97 Å². The average Bonchev–Trinajstić information content (AvgIpc) is 3.17. The molecule has 1 aromatic carbocycles. The van der Waals surface area contributed by atoms with E-state index >= 15 is 0 Å². The van der Waals surface area contributed by atoms with Crippen LogP contribution in [-0.2, 0) is 0 Å². The second-order valence-electron chi connectivity index (χ2n) is 7.37. The van der Waals surface area contributed by atoms with E-state index in [4.69, 9.17) is 4.98 Å². The minimum atomic E-state index is -0.434. The lowest BCUT2D eigenvalue weighted by Crippen LogP contribution is -2.03. The Bertz CT molecular complexity index is 1170. The summed E-state index contributed by atoms with van der Waals surface area (Å²) in [4.78, 5) is 20.8. The molecule has 2 heterocycles. The van der Waals surface area contributed by atoms with Gasteiger partial charge in [0.1, 0.15) is 6.07 Å². The standard InChI is InChI=1S/C23H25N5O2S2/c1-5-8-15(6-2)19-18(12-24)22(31-4)32-21(19)20-14(3)13-25-23(27-20)26-16-9-7-10-17(11-16)28(29)30/h7,9-11,13,15H,5-6,8H2,1-4H3,(H,25,26,27). The number of anilines is 2. The van der Waals surface area contributed by atoms with Crippen molar-refractivity contribution in [2.24, 2.45) is 0 Å². The molecule has 0 aliphatic rings. The first-order valence-corrected chi connectivity index (χ1v) is 12.4. The van der Waals surface area contributed by atoms with Gasteiger partial charge in [-0.15, -0.1) is 23.1 Å². The van der Waals surface area contributed by atoms with Gasteiger partial charge in [-0.1, -0.05) is 26.3 Å². The van der Waals surface area contributed by atoms with Crippen LogP contribution in [0.1, 0.15) is 55.7 Å². The Labute approximate surface area is 196 Å². The summed E-state index contributed by atoms with van der Waals surface area (Å²) >= 11 is 3.19. The van der Waals surface area contributed by atoms with Crippen molar-refractivity contribution in [2.45, 2.75) is 50.2 Å². The van der Waals surface area contributed by atoms with Crippen LogP contribution in [0.25, 0.3) is 10.6 Å². The van der Waals surface area contributed by atoms with Gasteiger partial charge in [0.15, 0.2) is 0 Å². The molecule has 32 heavy (non-hydrogen) atoms. The van der Waals surface area contributed by atoms with E-state index in [2.05, 4.69) is 30.2 Å². The molecule has 0 amide bonds. The van der Waals surface area contributed by atoms with E-state index < -0.39 is 4.92 Å². The van der Waals surface area contributed by atoms with Crippen molar-refractivity contribution in [3.8, 4) is 16.6 Å². The third-order valence-electron chi connectivity index (χ3n) is 5.25. The van der Waals surface area contributed by atoms with Crippen molar-refractivity contribution in [1.29, 1.82) is 5.26 Å². The van der Waals surface area contributed by atoms with Gasteiger partial charge < -0.3 is 5.32 Å². The van der Waals surface area contributed by atoms with Crippen LogP contribution in [0.3, 0.4) is 0 Å². The maximum atomic E-state index is 11.1. The lowest BCUT2D eigenvalue weighted by atomic mass is 9.88. The number of aromatic nitrogens is 2. The van der Waals surface area contributed by atoms with E-state index in [0.29, 0.717) is 11.6 Å². The molecular weight excluding hydrogens is 442 g/mol. The van der Waals surface area contributed by atoms with Crippen LogP contribution in [-0.4, -0.2) is 21.1 Å². The number of thiophene rings is 1. The van der Waals surface area contributed by atoms with Crippen LogP contribution >= 0.6 is 23.1 Å². The van der Waals surface area contributed by atoms with E-state index in [1.165, 1.54) is 12.1 Å². The summed E-state index contributed by atoms with van der Waals surface area (Å²) in [5, 5.41) is 24.1. The van der Waals surface area contributed by atoms with Crippen LogP contribution in [0.4, 0.5) is 17.3 Å². The van der Waals surface area contributed by atoms with Gasteiger partial charge in [0.05, 0.1) is 25.3 Å². The van der Waals surface area contributed by atoms with E-state index in [9.17, 15) is 15.4 Å². The first-order valence-electron chi connectivity index (χ1n) is 10.4. The first-order chi connectivity index (χ1) is 15.4. The molecule has 2 aromatic heterocycles. The zero-order valence-corrected chi connectivity index (χ0v) is 20.1. The number of benzene rings is 1. The van der Waals surface area contributed by atoms with Gasteiger partial charge in [0, 0.05) is 24.0 Å². The Morgan fingerprint density at radius 3 is 2.78 bits per heavy atom. The Hall–Kier alpha value is -2.96. The Morgan fingerprint density at radius 1 is 1.38 bits per heavy atom. The molecule has 7 nitrogen and oxygen atoms in total. The summed E-state index contributed by atoms with van der Waals surface area (Å²) in [6.45, 7) is 6.28. The van der Waals surface area contributed by atoms with Crippen molar-refractivity contribution < 1.29 is 4.92 Å². The maximum Gasteiger partial charge on any atom is 0.271 e. The minimum absolute atomic E-state index is 0.00324. The van der Waals surface area contributed by atoms with Gasteiger partial charge in [-0.2, -0.15) is 5.26 Å². The van der Waals surface area contributed by atoms with Crippen molar-refractivity contribution in [3.05, 3.63) is 57.3 Å². The predicted octanol–water partition coefficient (Wildman–Crippen LogP) is 7.05. The van der Waals surface area contributed by atoms with Crippen LogP contribution in [0.5, 0.6) is 0 Å². The molecule has 0 aliphatic carbocycles. The van der Waals surface area contributed by atoms with Crippen LogP contribution in [0, 0.1) is 28.4 Å². The molecule has 0 aliphatic heterocycles. The smallest absolute Gasteiger partial charge is 0.271 e. The van der Waals surface area contributed by atoms with Crippen LogP contribution in [0.15, 0.2) is 34.7 Å².